The van der Waals surface area contributed by atoms with E-state index in [4.69, 9.17) is 19.3 Å². The van der Waals surface area contributed by atoms with Crippen molar-refractivity contribution in [1.29, 1.82) is 0 Å². The van der Waals surface area contributed by atoms with Crippen molar-refractivity contribution >= 4 is 5.91 Å². The summed E-state index contributed by atoms with van der Waals surface area (Å²) < 4.78 is 16.5. The Hall–Kier alpha value is -1.11. The van der Waals surface area contributed by atoms with E-state index in [1.54, 1.807) is 7.11 Å². The predicted molar refractivity (Wildman–Crippen MR) is 90.2 cm³/mol. The summed E-state index contributed by atoms with van der Waals surface area (Å²) in [6.07, 6.45) is 8.92. The fourth-order valence-electron chi connectivity index (χ4n) is 3.44. The van der Waals surface area contributed by atoms with Crippen LogP contribution in [0.1, 0.15) is 44.9 Å². The molecule has 1 aliphatic heterocycles. The van der Waals surface area contributed by atoms with Crippen molar-refractivity contribution in [3.8, 4) is 0 Å². The lowest BCUT2D eigenvalue weighted by molar-refractivity contribution is -0.151. The van der Waals surface area contributed by atoms with Gasteiger partial charge in [-0.3, -0.25) is 4.79 Å². The summed E-state index contributed by atoms with van der Waals surface area (Å²) in [6, 6.07) is 0. The molecule has 1 aliphatic carbocycles. The zero-order chi connectivity index (χ0) is 17.2. The Morgan fingerprint density at radius 1 is 1.33 bits per heavy atom. The summed E-state index contributed by atoms with van der Waals surface area (Å²) >= 11 is 0. The molecule has 1 amide bonds. The molecule has 2 aliphatic rings. The average molecular weight is 341 g/mol. The molecule has 0 radical (unpaired) electrons. The zero-order valence-corrected chi connectivity index (χ0v) is 14.7. The largest absolute Gasteiger partial charge is 0.459 e. The van der Waals surface area contributed by atoms with Gasteiger partial charge in [0.25, 0.3) is 5.91 Å². The highest BCUT2D eigenvalue weighted by Gasteiger charge is 2.33. The maximum atomic E-state index is 12.3. The minimum absolute atomic E-state index is 0.173. The molecule has 0 saturated heterocycles. The number of allylic oxidation sites excluding steroid dienone is 1. The first-order chi connectivity index (χ1) is 11.7. The number of aliphatic hydroxyl groups excluding tert-OH is 1. The topological polar surface area (TPSA) is 77.0 Å². The lowest BCUT2D eigenvalue weighted by Gasteiger charge is -2.32. The number of ether oxygens (including phenoxy) is 3. The number of unbranched alkanes of at least 4 members (excludes halogenated alkanes) is 1. The number of carbonyl (C=O) groups is 1. The van der Waals surface area contributed by atoms with Gasteiger partial charge in [0.05, 0.1) is 13.2 Å². The van der Waals surface area contributed by atoms with Gasteiger partial charge >= 0.3 is 0 Å². The Bertz CT molecular complexity index is 406. The van der Waals surface area contributed by atoms with E-state index in [1.165, 1.54) is 25.7 Å². The maximum absolute atomic E-state index is 12.3. The van der Waals surface area contributed by atoms with Crippen LogP contribution in [0.25, 0.3) is 0 Å². The third-order valence-electron chi connectivity index (χ3n) is 4.77. The molecule has 1 saturated carbocycles. The molecular weight excluding hydrogens is 310 g/mol. The van der Waals surface area contributed by atoms with Crippen LogP contribution in [-0.2, 0) is 19.0 Å². The van der Waals surface area contributed by atoms with Crippen LogP contribution in [0.3, 0.4) is 0 Å². The van der Waals surface area contributed by atoms with E-state index in [0.717, 1.165) is 19.3 Å². The Morgan fingerprint density at radius 2 is 2.12 bits per heavy atom. The predicted octanol–water partition coefficient (Wildman–Crippen LogP) is 1.97. The van der Waals surface area contributed by atoms with Gasteiger partial charge in [-0.15, -0.1) is 0 Å². The molecule has 0 bridgehead atoms. The number of methoxy groups -OCH3 is 1. The first-order valence-electron chi connectivity index (χ1n) is 9.12. The molecule has 2 N–H and O–H groups in total. The Balaban J connectivity index is 1.92. The fraction of sp³-hybridized carbons (Fsp3) is 0.833. The van der Waals surface area contributed by atoms with E-state index in [2.05, 4.69) is 5.32 Å². The average Bonchev–Trinajstić information content (AvgIpc) is 3.13. The molecule has 138 valence electrons. The van der Waals surface area contributed by atoms with Gasteiger partial charge in [-0.2, -0.15) is 0 Å². The van der Waals surface area contributed by atoms with Crippen LogP contribution >= 0.6 is 0 Å². The van der Waals surface area contributed by atoms with Crippen LogP contribution in [0.15, 0.2) is 11.8 Å². The van der Waals surface area contributed by atoms with E-state index in [-0.39, 0.29) is 18.8 Å². The van der Waals surface area contributed by atoms with Crippen molar-refractivity contribution in [1.82, 2.24) is 5.32 Å². The van der Waals surface area contributed by atoms with Crippen molar-refractivity contribution in [3.63, 3.8) is 0 Å². The van der Waals surface area contributed by atoms with E-state index >= 15 is 0 Å². The van der Waals surface area contributed by atoms with Crippen molar-refractivity contribution in [2.24, 2.45) is 11.8 Å². The highest BCUT2D eigenvalue weighted by atomic mass is 16.7. The molecule has 1 fully saturated rings. The highest BCUT2D eigenvalue weighted by Crippen LogP contribution is 2.38. The van der Waals surface area contributed by atoms with Crippen LogP contribution < -0.4 is 5.32 Å². The second-order valence-corrected chi connectivity index (χ2v) is 6.57. The maximum Gasteiger partial charge on any atom is 0.286 e. The molecule has 24 heavy (non-hydrogen) atoms. The smallest absolute Gasteiger partial charge is 0.286 e. The number of carbonyl (C=O) groups excluding carboxylic acids is 1. The normalized spacial score (nSPS) is 24.5. The highest BCUT2D eigenvalue weighted by molar-refractivity contribution is 5.91. The summed E-state index contributed by atoms with van der Waals surface area (Å²) in [7, 11) is 1.61. The van der Waals surface area contributed by atoms with Crippen LogP contribution in [-0.4, -0.2) is 50.8 Å². The fourth-order valence-corrected chi connectivity index (χ4v) is 3.44. The number of aliphatic hydroxyl groups is 1. The second-order valence-electron chi connectivity index (χ2n) is 6.57. The molecule has 1 heterocycles. The van der Waals surface area contributed by atoms with E-state index < -0.39 is 0 Å². The monoisotopic (exact) mass is 341 g/mol. The number of rotatable bonds is 10. The molecular formula is C18H31NO5. The summed E-state index contributed by atoms with van der Waals surface area (Å²) in [5.74, 6) is 1.15. The molecule has 6 heteroatoms. The Kier molecular flexibility index (Phi) is 8.56. The van der Waals surface area contributed by atoms with E-state index in [0.29, 0.717) is 37.4 Å². The lowest BCUT2D eigenvalue weighted by Crippen LogP contribution is -2.36. The molecule has 2 rings (SSSR count). The van der Waals surface area contributed by atoms with Crippen LogP contribution in [0.2, 0.25) is 0 Å². The minimum Gasteiger partial charge on any atom is -0.459 e. The molecule has 2 atom stereocenters. The molecule has 0 spiro atoms. The van der Waals surface area contributed by atoms with Gasteiger partial charge in [-0.05, 0) is 43.6 Å². The van der Waals surface area contributed by atoms with Gasteiger partial charge in [-0.1, -0.05) is 12.8 Å². The van der Waals surface area contributed by atoms with E-state index in [9.17, 15) is 4.79 Å². The Morgan fingerprint density at radius 3 is 2.83 bits per heavy atom. The Labute approximate surface area is 144 Å². The minimum atomic E-state index is -0.373. The molecule has 6 nitrogen and oxygen atoms in total. The number of hydrogen-bond acceptors (Lipinski definition) is 5. The van der Waals surface area contributed by atoms with Crippen molar-refractivity contribution in [3.05, 3.63) is 11.8 Å². The van der Waals surface area contributed by atoms with E-state index in [1.807, 2.05) is 6.08 Å². The van der Waals surface area contributed by atoms with Crippen LogP contribution in [0.4, 0.5) is 0 Å². The molecule has 0 aromatic heterocycles. The lowest BCUT2D eigenvalue weighted by atomic mass is 9.86. The third-order valence-corrected chi connectivity index (χ3v) is 4.77. The zero-order valence-electron chi connectivity index (χ0n) is 14.7. The number of hydrogen-bond donors (Lipinski definition) is 2. The van der Waals surface area contributed by atoms with Crippen molar-refractivity contribution < 1.29 is 24.1 Å². The summed E-state index contributed by atoms with van der Waals surface area (Å²) in [4.78, 5) is 12.3. The number of amides is 1. The van der Waals surface area contributed by atoms with Gasteiger partial charge in [0, 0.05) is 26.7 Å². The molecule has 0 aromatic rings. The summed E-state index contributed by atoms with van der Waals surface area (Å²) in [5.41, 5.74) is 0. The van der Waals surface area contributed by atoms with Gasteiger partial charge in [0.15, 0.2) is 5.76 Å². The SMILES string of the molecule is COCCNC(=O)C1=C[C@@H](C2CCCC2)C[C@@H](OCCCCO)O1. The quantitative estimate of drug-likeness (QED) is 0.594. The van der Waals surface area contributed by atoms with Crippen LogP contribution in [0, 0.1) is 11.8 Å². The molecule has 0 aromatic carbocycles. The van der Waals surface area contributed by atoms with Crippen molar-refractivity contribution in [2.45, 2.75) is 51.2 Å². The first-order valence-corrected chi connectivity index (χ1v) is 9.12. The van der Waals surface area contributed by atoms with Gasteiger partial charge in [0.1, 0.15) is 0 Å². The number of nitrogens with one attached hydrogen (secondary N) is 1. The van der Waals surface area contributed by atoms with Gasteiger partial charge in [0.2, 0.25) is 6.29 Å². The first kappa shape index (κ1) is 19.2. The second kappa shape index (κ2) is 10.7. The summed E-state index contributed by atoms with van der Waals surface area (Å²) in [6.45, 7) is 1.66. The van der Waals surface area contributed by atoms with Crippen LogP contribution in [0.5, 0.6) is 0 Å². The third kappa shape index (κ3) is 6.07. The summed E-state index contributed by atoms with van der Waals surface area (Å²) in [5, 5.41) is 11.7. The van der Waals surface area contributed by atoms with Gasteiger partial charge < -0.3 is 24.6 Å². The van der Waals surface area contributed by atoms with Crippen molar-refractivity contribution in [2.75, 3.05) is 33.5 Å². The molecule has 0 unspecified atom stereocenters. The standard InChI is InChI=1S/C18H31NO5/c1-22-11-8-19-18(21)16-12-15(14-6-2-3-7-14)13-17(24-16)23-10-5-4-9-20/h12,14-15,17,20H,2-11,13H2,1H3,(H,19,21)/t15-,17+/m1/s1. The van der Waals surface area contributed by atoms with Gasteiger partial charge in [-0.25, -0.2) is 0 Å².